The first-order valence-electron chi connectivity index (χ1n) is 4.36. The maximum Gasteiger partial charge on any atom is 0.139 e. The van der Waals surface area contributed by atoms with E-state index in [1.165, 1.54) is 23.6 Å². The fourth-order valence-corrected chi connectivity index (χ4v) is 2.00. The molecule has 5 heteroatoms. The van der Waals surface area contributed by atoms with E-state index in [9.17, 15) is 4.39 Å². The number of hydrogen-bond donors (Lipinski definition) is 0. The Morgan fingerprint density at radius 2 is 2.20 bits per heavy atom. The van der Waals surface area contributed by atoms with Crippen molar-refractivity contribution in [1.29, 1.82) is 0 Å². The Balaban J connectivity index is 2.22. The largest absolute Gasteiger partial charge is 0.303 e. The van der Waals surface area contributed by atoms with Gasteiger partial charge in [0.15, 0.2) is 0 Å². The average Bonchev–Trinajstić information content (AvgIpc) is 2.84. The summed E-state index contributed by atoms with van der Waals surface area (Å²) in [5.74, 6) is -0.268. The molecule has 0 unspecified atom stereocenters. The van der Waals surface area contributed by atoms with Crippen molar-refractivity contribution < 1.29 is 4.39 Å². The summed E-state index contributed by atoms with van der Waals surface area (Å²) >= 11 is 1.51. The van der Waals surface area contributed by atoms with Crippen LogP contribution in [0.25, 0.3) is 16.2 Å². The van der Waals surface area contributed by atoms with E-state index in [1.54, 1.807) is 28.4 Å². The van der Waals surface area contributed by atoms with Crippen molar-refractivity contribution >= 4 is 17.0 Å². The van der Waals surface area contributed by atoms with Gasteiger partial charge in [0.05, 0.1) is 10.4 Å². The van der Waals surface area contributed by atoms with E-state index in [1.807, 2.05) is 0 Å². The van der Waals surface area contributed by atoms with Crippen LogP contribution in [0.4, 0.5) is 4.39 Å². The Hall–Kier alpha value is -1.75. The van der Waals surface area contributed by atoms with Crippen LogP contribution in [0.3, 0.4) is 0 Å². The van der Waals surface area contributed by atoms with Gasteiger partial charge in [0.2, 0.25) is 0 Å². The average molecular weight is 219 g/mol. The van der Waals surface area contributed by atoms with Gasteiger partial charge in [0, 0.05) is 18.6 Å². The summed E-state index contributed by atoms with van der Waals surface area (Å²) in [6.45, 7) is 0. The molecule has 0 atom stereocenters. The molecule has 3 aromatic rings. The molecule has 0 aromatic carbocycles. The van der Waals surface area contributed by atoms with Gasteiger partial charge >= 0.3 is 0 Å². The lowest BCUT2D eigenvalue weighted by atomic mass is 10.4. The third-order valence-corrected chi connectivity index (χ3v) is 2.90. The zero-order valence-corrected chi connectivity index (χ0v) is 8.41. The monoisotopic (exact) mass is 219 g/mol. The Bertz CT molecular complexity index is 600. The number of rotatable bonds is 1. The highest BCUT2D eigenvalue weighted by Crippen LogP contribution is 2.22. The van der Waals surface area contributed by atoms with Gasteiger partial charge < -0.3 is 4.40 Å². The van der Waals surface area contributed by atoms with Gasteiger partial charge in [-0.3, -0.25) is 4.98 Å². The summed E-state index contributed by atoms with van der Waals surface area (Å²) in [6.07, 6.45) is 4.96. The van der Waals surface area contributed by atoms with E-state index in [4.69, 9.17) is 0 Å². The summed E-state index contributed by atoms with van der Waals surface area (Å²) < 4.78 is 14.6. The maximum absolute atomic E-state index is 12.9. The fraction of sp³-hybridized carbons (Fsp3) is 0. The number of nitrogens with zero attached hydrogens (tertiary/aromatic N) is 3. The number of halogens is 1. The Morgan fingerprint density at radius 1 is 1.27 bits per heavy atom. The molecule has 0 radical (unpaired) electrons. The first kappa shape index (κ1) is 8.55. The smallest absolute Gasteiger partial charge is 0.139 e. The van der Waals surface area contributed by atoms with Crippen LogP contribution in [0, 0.1) is 5.82 Å². The highest BCUT2D eigenvalue weighted by molar-refractivity contribution is 7.13. The maximum atomic E-state index is 12.9. The minimum atomic E-state index is -0.268. The van der Waals surface area contributed by atoms with Crippen LogP contribution in [0.15, 0.2) is 36.2 Å². The summed E-state index contributed by atoms with van der Waals surface area (Å²) in [7, 11) is 0. The van der Waals surface area contributed by atoms with E-state index in [2.05, 4.69) is 9.97 Å². The summed E-state index contributed by atoms with van der Waals surface area (Å²) in [6, 6.07) is 3.05. The third-order valence-electron chi connectivity index (χ3n) is 2.10. The molecule has 0 spiro atoms. The van der Waals surface area contributed by atoms with Gasteiger partial charge in [-0.15, -0.1) is 11.3 Å². The van der Waals surface area contributed by atoms with E-state index < -0.39 is 0 Å². The molecule has 0 aliphatic heterocycles. The van der Waals surface area contributed by atoms with Gasteiger partial charge in [0.25, 0.3) is 0 Å². The van der Waals surface area contributed by atoms with E-state index >= 15 is 0 Å². The van der Waals surface area contributed by atoms with Crippen LogP contribution in [0.5, 0.6) is 0 Å². The molecule has 0 fully saturated rings. The van der Waals surface area contributed by atoms with Crippen molar-refractivity contribution in [1.82, 2.24) is 14.4 Å². The Morgan fingerprint density at radius 3 is 3.00 bits per heavy atom. The van der Waals surface area contributed by atoms with Gasteiger partial charge in [0.1, 0.15) is 17.2 Å². The molecule has 0 N–H and O–H groups in total. The zero-order chi connectivity index (χ0) is 10.3. The van der Waals surface area contributed by atoms with Crippen molar-refractivity contribution in [3.8, 4) is 10.6 Å². The van der Waals surface area contributed by atoms with Crippen molar-refractivity contribution in [2.24, 2.45) is 0 Å². The molecule has 0 saturated carbocycles. The van der Waals surface area contributed by atoms with Crippen LogP contribution >= 0.6 is 11.3 Å². The van der Waals surface area contributed by atoms with Crippen molar-refractivity contribution in [3.05, 3.63) is 42.1 Å². The minimum absolute atomic E-state index is 0.268. The van der Waals surface area contributed by atoms with Crippen molar-refractivity contribution in [2.45, 2.75) is 0 Å². The number of pyridine rings is 1. The van der Waals surface area contributed by atoms with E-state index in [0.717, 1.165) is 16.2 Å². The van der Waals surface area contributed by atoms with Crippen LogP contribution in [-0.4, -0.2) is 14.4 Å². The minimum Gasteiger partial charge on any atom is -0.303 e. The lowest BCUT2D eigenvalue weighted by molar-refractivity contribution is 0.619. The molecule has 0 saturated heterocycles. The van der Waals surface area contributed by atoms with E-state index in [-0.39, 0.29) is 5.82 Å². The van der Waals surface area contributed by atoms with Gasteiger partial charge in [-0.2, -0.15) is 0 Å². The molecule has 0 amide bonds. The molecule has 0 aliphatic carbocycles. The Kier molecular flexibility index (Phi) is 1.78. The summed E-state index contributed by atoms with van der Waals surface area (Å²) in [4.78, 5) is 9.33. The Labute approximate surface area is 88.9 Å². The van der Waals surface area contributed by atoms with Gasteiger partial charge in [-0.25, -0.2) is 9.37 Å². The lowest BCUT2D eigenvalue weighted by Crippen LogP contribution is -1.83. The summed E-state index contributed by atoms with van der Waals surface area (Å²) in [5.41, 5.74) is 3.31. The van der Waals surface area contributed by atoms with Gasteiger partial charge in [-0.1, -0.05) is 0 Å². The standard InChI is InChI=1S/C10H6FN3S/c11-7-1-2-10-13-8(5-14(10)4-7)9-3-12-6-15-9/h1-6H. The predicted molar refractivity (Wildman–Crippen MR) is 56.3 cm³/mol. The van der Waals surface area contributed by atoms with E-state index in [0.29, 0.717) is 0 Å². The molecule has 3 heterocycles. The molecule has 3 aromatic heterocycles. The second-order valence-electron chi connectivity index (χ2n) is 3.10. The molecule has 15 heavy (non-hydrogen) atoms. The number of thiazole rings is 1. The molecular formula is C10H6FN3S. The topological polar surface area (TPSA) is 30.2 Å². The normalized spacial score (nSPS) is 11.0. The number of aromatic nitrogens is 3. The quantitative estimate of drug-likeness (QED) is 0.629. The SMILES string of the molecule is Fc1ccc2nc(-c3cncs3)cn2c1. The third kappa shape index (κ3) is 1.41. The first-order valence-corrected chi connectivity index (χ1v) is 5.24. The van der Waals surface area contributed by atoms with Crippen molar-refractivity contribution in [3.63, 3.8) is 0 Å². The van der Waals surface area contributed by atoms with Crippen LogP contribution in [0.1, 0.15) is 0 Å². The highest BCUT2D eigenvalue weighted by Gasteiger charge is 2.05. The zero-order valence-electron chi connectivity index (χ0n) is 7.59. The first-order chi connectivity index (χ1) is 7.33. The molecule has 3 rings (SSSR count). The molecular weight excluding hydrogens is 213 g/mol. The second-order valence-corrected chi connectivity index (χ2v) is 3.99. The highest BCUT2D eigenvalue weighted by atomic mass is 32.1. The second kappa shape index (κ2) is 3.13. The fourth-order valence-electron chi connectivity index (χ4n) is 1.43. The van der Waals surface area contributed by atoms with Crippen molar-refractivity contribution in [2.75, 3.05) is 0 Å². The number of imidazole rings is 1. The molecule has 74 valence electrons. The predicted octanol–water partition coefficient (Wildman–Crippen LogP) is 2.60. The number of hydrogen-bond acceptors (Lipinski definition) is 3. The molecule has 3 nitrogen and oxygen atoms in total. The molecule has 0 bridgehead atoms. The van der Waals surface area contributed by atoms with Gasteiger partial charge in [-0.05, 0) is 12.1 Å². The van der Waals surface area contributed by atoms with Crippen LogP contribution in [-0.2, 0) is 0 Å². The summed E-state index contributed by atoms with van der Waals surface area (Å²) in [5, 5.41) is 0. The lowest BCUT2D eigenvalue weighted by Gasteiger charge is -1.90. The molecule has 0 aliphatic rings. The van der Waals surface area contributed by atoms with Crippen LogP contribution < -0.4 is 0 Å². The number of fused-ring (bicyclic) bond motifs is 1. The van der Waals surface area contributed by atoms with Crippen LogP contribution in [0.2, 0.25) is 0 Å².